The van der Waals surface area contributed by atoms with Gasteiger partial charge in [0.1, 0.15) is 5.75 Å². The molecule has 0 amide bonds. The summed E-state index contributed by atoms with van der Waals surface area (Å²) < 4.78 is 11.7. The van der Waals surface area contributed by atoms with Gasteiger partial charge in [0.25, 0.3) is 8.32 Å². The summed E-state index contributed by atoms with van der Waals surface area (Å²) in [7, 11) is -0.251. The van der Waals surface area contributed by atoms with Crippen molar-refractivity contribution in [1.29, 1.82) is 0 Å². The van der Waals surface area contributed by atoms with Gasteiger partial charge in [0.05, 0.1) is 13.7 Å². The lowest BCUT2D eigenvalue weighted by Crippen LogP contribution is -2.43. The third-order valence-electron chi connectivity index (χ3n) is 3.77. The number of hydrogen-bond donors (Lipinski definition) is 1. The molecule has 0 fully saturated rings. The van der Waals surface area contributed by atoms with E-state index in [0.717, 1.165) is 17.1 Å². The molecule has 0 unspecified atom stereocenters. The topological polar surface area (TPSA) is 38.7 Å². The van der Waals surface area contributed by atoms with Crippen LogP contribution in [0.1, 0.15) is 26.3 Å². The van der Waals surface area contributed by atoms with Crippen LogP contribution in [0.3, 0.4) is 0 Å². The van der Waals surface area contributed by atoms with Gasteiger partial charge in [0, 0.05) is 0 Å². The van der Waals surface area contributed by atoms with Gasteiger partial charge < -0.3 is 14.3 Å². The van der Waals surface area contributed by atoms with Crippen LogP contribution in [0.15, 0.2) is 24.3 Å². The highest BCUT2D eigenvalue weighted by Gasteiger charge is 2.39. The molecule has 0 aliphatic rings. The first-order valence-electron chi connectivity index (χ1n) is 6.86. The number of ether oxygens (including phenoxy) is 1. The summed E-state index contributed by atoms with van der Waals surface area (Å²) in [6.45, 7) is 11.1. The summed E-state index contributed by atoms with van der Waals surface area (Å²) in [5.74, 6) is 1.52. The lowest BCUT2D eigenvalue weighted by molar-refractivity contribution is 0.343. The molecule has 3 nitrogen and oxygen atoms in total. The predicted molar refractivity (Wildman–Crippen MR) is 86.9 cm³/mol. The van der Waals surface area contributed by atoms with Gasteiger partial charge >= 0.3 is 0 Å². The zero-order valence-electron chi connectivity index (χ0n) is 13.4. The van der Waals surface area contributed by atoms with E-state index in [1.165, 1.54) is 0 Å². The second kappa shape index (κ2) is 6.46. The summed E-state index contributed by atoms with van der Waals surface area (Å²) in [5, 5.41) is 8.99. The van der Waals surface area contributed by atoms with Gasteiger partial charge in [-0.3, -0.25) is 0 Å². The van der Waals surface area contributed by atoms with Crippen molar-refractivity contribution in [3.05, 3.63) is 29.8 Å². The SMILES string of the molecule is COc1ccc(/C=C/CO)cc1O[Si](C)(C)C(C)(C)C. The molecule has 0 aliphatic heterocycles. The smallest absolute Gasteiger partial charge is 0.250 e. The van der Waals surface area contributed by atoms with E-state index in [1.807, 2.05) is 24.3 Å². The molecule has 1 N–H and O–H groups in total. The Morgan fingerprint density at radius 1 is 1.20 bits per heavy atom. The van der Waals surface area contributed by atoms with Gasteiger partial charge in [-0.05, 0) is 35.8 Å². The molecule has 0 spiro atoms. The Morgan fingerprint density at radius 3 is 2.35 bits per heavy atom. The zero-order chi connectivity index (χ0) is 15.4. The minimum Gasteiger partial charge on any atom is -0.541 e. The molecule has 0 aliphatic carbocycles. The van der Waals surface area contributed by atoms with Crippen LogP contribution in [0.2, 0.25) is 18.1 Å². The summed E-state index contributed by atoms with van der Waals surface area (Å²) >= 11 is 0. The van der Waals surface area contributed by atoms with Crippen molar-refractivity contribution in [2.24, 2.45) is 0 Å². The second-order valence-electron chi connectivity index (χ2n) is 6.36. The first-order valence-corrected chi connectivity index (χ1v) is 9.76. The van der Waals surface area contributed by atoms with E-state index < -0.39 is 8.32 Å². The standard InChI is InChI=1S/C16H26O3Si/c1-16(2,3)20(5,6)19-15-12-13(8-7-11-17)9-10-14(15)18-4/h7-10,12,17H,11H2,1-6H3/b8-7+. The fourth-order valence-corrected chi connectivity index (χ4v) is 2.51. The molecule has 0 saturated heterocycles. The minimum absolute atomic E-state index is 0.0322. The molecule has 0 atom stereocenters. The summed E-state index contributed by atoms with van der Waals surface area (Å²) in [5.41, 5.74) is 0.994. The summed E-state index contributed by atoms with van der Waals surface area (Å²) in [6, 6.07) is 5.81. The highest BCUT2D eigenvalue weighted by Crippen LogP contribution is 2.40. The Labute approximate surface area is 123 Å². The fourth-order valence-electron chi connectivity index (χ4n) is 1.49. The maximum Gasteiger partial charge on any atom is 0.250 e. The normalized spacial score (nSPS) is 12.8. The lowest BCUT2D eigenvalue weighted by Gasteiger charge is -2.36. The lowest BCUT2D eigenvalue weighted by atomic mass is 10.2. The maximum atomic E-state index is 8.85. The third-order valence-corrected chi connectivity index (χ3v) is 8.12. The molecule has 1 aromatic carbocycles. The van der Waals surface area contributed by atoms with Crippen molar-refractivity contribution in [2.45, 2.75) is 38.9 Å². The van der Waals surface area contributed by atoms with Gasteiger partial charge in [-0.1, -0.05) is 39.0 Å². The molecular weight excluding hydrogens is 268 g/mol. The number of benzene rings is 1. The Kier molecular flexibility index (Phi) is 5.42. The number of hydrogen-bond acceptors (Lipinski definition) is 3. The Morgan fingerprint density at radius 2 is 1.85 bits per heavy atom. The molecule has 4 heteroatoms. The molecule has 1 rings (SSSR count). The van der Waals surface area contributed by atoms with Crippen molar-refractivity contribution in [3.63, 3.8) is 0 Å². The van der Waals surface area contributed by atoms with Crippen molar-refractivity contribution in [3.8, 4) is 11.5 Å². The van der Waals surface area contributed by atoms with Crippen LogP contribution in [0.4, 0.5) is 0 Å². The molecule has 0 bridgehead atoms. The van der Waals surface area contributed by atoms with Gasteiger partial charge in [-0.25, -0.2) is 0 Å². The van der Waals surface area contributed by atoms with Crippen molar-refractivity contribution >= 4 is 14.4 Å². The van der Waals surface area contributed by atoms with E-state index in [-0.39, 0.29) is 11.6 Å². The largest absolute Gasteiger partial charge is 0.541 e. The summed E-state index contributed by atoms with van der Waals surface area (Å²) in [4.78, 5) is 0. The van der Waals surface area contributed by atoms with Crippen LogP contribution in [-0.4, -0.2) is 27.1 Å². The Balaban J connectivity index is 3.12. The minimum atomic E-state index is -1.90. The Bertz CT molecular complexity index is 473. The van der Waals surface area contributed by atoms with Crippen molar-refractivity contribution in [1.82, 2.24) is 0 Å². The van der Waals surface area contributed by atoms with Crippen LogP contribution >= 0.6 is 0 Å². The van der Waals surface area contributed by atoms with Crippen LogP contribution in [0.25, 0.3) is 6.08 Å². The highest BCUT2D eigenvalue weighted by atomic mass is 28.4. The highest BCUT2D eigenvalue weighted by molar-refractivity contribution is 6.74. The first kappa shape index (κ1) is 16.8. The number of methoxy groups -OCH3 is 1. The molecular formula is C16H26O3Si. The number of aliphatic hydroxyl groups excluding tert-OH is 1. The van der Waals surface area contributed by atoms with Crippen LogP contribution in [-0.2, 0) is 0 Å². The van der Waals surface area contributed by atoms with Gasteiger partial charge in [-0.15, -0.1) is 0 Å². The van der Waals surface area contributed by atoms with Crippen LogP contribution < -0.4 is 9.16 Å². The average Bonchev–Trinajstić information content (AvgIpc) is 2.34. The second-order valence-corrected chi connectivity index (χ2v) is 11.1. The molecule has 0 heterocycles. The molecule has 20 heavy (non-hydrogen) atoms. The number of aliphatic hydroxyl groups is 1. The Hall–Kier alpha value is -1.26. The van der Waals surface area contributed by atoms with Gasteiger partial charge in [0.2, 0.25) is 0 Å². The average molecular weight is 294 g/mol. The fraction of sp³-hybridized carbons (Fsp3) is 0.500. The third kappa shape index (κ3) is 4.12. The monoisotopic (exact) mass is 294 g/mol. The van der Waals surface area contributed by atoms with E-state index in [1.54, 1.807) is 13.2 Å². The zero-order valence-corrected chi connectivity index (χ0v) is 14.4. The van der Waals surface area contributed by atoms with Crippen molar-refractivity contribution < 1.29 is 14.3 Å². The van der Waals surface area contributed by atoms with Crippen molar-refractivity contribution in [2.75, 3.05) is 13.7 Å². The van der Waals surface area contributed by atoms with E-state index in [4.69, 9.17) is 14.3 Å². The predicted octanol–water partition coefficient (Wildman–Crippen LogP) is 4.08. The summed E-state index contributed by atoms with van der Waals surface area (Å²) in [6.07, 6.45) is 3.58. The van der Waals surface area contributed by atoms with E-state index in [0.29, 0.717) is 0 Å². The molecule has 0 radical (unpaired) electrons. The molecule has 0 saturated carbocycles. The molecule has 112 valence electrons. The maximum absolute atomic E-state index is 8.85. The van der Waals surface area contributed by atoms with Crippen LogP contribution in [0.5, 0.6) is 11.5 Å². The quantitative estimate of drug-likeness (QED) is 0.831. The molecule has 1 aromatic rings. The molecule has 0 aromatic heterocycles. The first-order chi connectivity index (χ1) is 9.21. The van der Waals surface area contributed by atoms with E-state index in [2.05, 4.69) is 33.9 Å². The van der Waals surface area contributed by atoms with Crippen LogP contribution in [0, 0.1) is 0 Å². The van der Waals surface area contributed by atoms with Gasteiger partial charge in [-0.2, -0.15) is 0 Å². The van der Waals surface area contributed by atoms with E-state index >= 15 is 0 Å². The van der Waals surface area contributed by atoms with E-state index in [9.17, 15) is 0 Å². The van der Waals surface area contributed by atoms with Gasteiger partial charge in [0.15, 0.2) is 5.75 Å². The number of rotatable bonds is 5.